The Hall–Kier alpha value is -4.37. The Bertz CT molecular complexity index is 1440. The van der Waals surface area contributed by atoms with Crippen LogP contribution in [0.1, 0.15) is 22.0 Å². The highest BCUT2D eigenvalue weighted by Gasteiger charge is 2.25. The second kappa shape index (κ2) is 10.1. The van der Waals surface area contributed by atoms with Gasteiger partial charge in [-0.15, -0.1) is 0 Å². The minimum atomic E-state index is -0.538. The molecule has 0 saturated carbocycles. The Morgan fingerprint density at radius 3 is 2.64 bits per heavy atom. The zero-order chi connectivity index (χ0) is 25.1. The summed E-state index contributed by atoms with van der Waals surface area (Å²) in [5, 5.41) is 2.89. The fraction of sp³-hybridized carbons (Fsp3) is 0.185. The molecule has 1 aliphatic heterocycles. The SMILES string of the molecule is Cn1c(N2CCO[C@@H](c3ccc(NC(=O)c4ccccc4)cc3)C2)nc(-c2ccncc2F)cc1=O. The van der Waals surface area contributed by atoms with Crippen molar-refractivity contribution in [3.8, 4) is 11.3 Å². The van der Waals surface area contributed by atoms with Crippen LogP contribution in [0, 0.1) is 5.82 Å². The fourth-order valence-electron chi connectivity index (χ4n) is 4.14. The highest BCUT2D eigenvalue weighted by molar-refractivity contribution is 6.04. The molecular formula is C27H24FN5O3. The van der Waals surface area contributed by atoms with Crippen LogP contribution < -0.4 is 15.8 Å². The van der Waals surface area contributed by atoms with Gasteiger partial charge in [-0.25, -0.2) is 9.37 Å². The molecule has 182 valence electrons. The minimum Gasteiger partial charge on any atom is -0.370 e. The Morgan fingerprint density at radius 1 is 1.11 bits per heavy atom. The lowest BCUT2D eigenvalue weighted by Gasteiger charge is -2.34. The van der Waals surface area contributed by atoms with Crippen LogP contribution in [0.2, 0.25) is 0 Å². The number of halogens is 1. The van der Waals surface area contributed by atoms with Gasteiger partial charge >= 0.3 is 0 Å². The van der Waals surface area contributed by atoms with Gasteiger partial charge in [0.15, 0.2) is 5.82 Å². The Morgan fingerprint density at radius 2 is 1.89 bits per heavy atom. The van der Waals surface area contributed by atoms with E-state index in [4.69, 9.17) is 4.74 Å². The second-order valence-electron chi connectivity index (χ2n) is 8.44. The lowest BCUT2D eigenvalue weighted by atomic mass is 10.1. The largest absolute Gasteiger partial charge is 0.370 e. The van der Waals surface area contributed by atoms with Crippen molar-refractivity contribution in [3.63, 3.8) is 0 Å². The van der Waals surface area contributed by atoms with Gasteiger partial charge in [-0.2, -0.15) is 0 Å². The molecule has 1 amide bonds. The highest BCUT2D eigenvalue weighted by Crippen LogP contribution is 2.27. The van der Waals surface area contributed by atoms with Gasteiger partial charge in [0.05, 0.1) is 25.0 Å². The van der Waals surface area contributed by atoms with Gasteiger partial charge in [0.25, 0.3) is 11.5 Å². The molecule has 0 bridgehead atoms. The first-order chi connectivity index (χ1) is 17.5. The third-order valence-electron chi connectivity index (χ3n) is 6.09. The molecule has 8 nitrogen and oxygen atoms in total. The summed E-state index contributed by atoms with van der Waals surface area (Å²) in [6, 6.07) is 19.3. The van der Waals surface area contributed by atoms with E-state index in [9.17, 15) is 14.0 Å². The highest BCUT2D eigenvalue weighted by atomic mass is 19.1. The van der Waals surface area contributed by atoms with Crippen LogP contribution >= 0.6 is 0 Å². The number of benzene rings is 2. The summed E-state index contributed by atoms with van der Waals surface area (Å²) in [7, 11) is 1.64. The van der Waals surface area contributed by atoms with Gasteiger partial charge in [-0.1, -0.05) is 30.3 Å². The van der Waals surface area contributed by atoms with E-state index in [1.165, 1.54) is 22.9 Å². The normalized spacial score (nSPS) is 15.5. The van der Waals surface area contributed by atoms with Crippen molar-refractivity contribution in [2.24, 2.45) is 7.05 Å². The lowest BCUT2D eigenvalue weighted by Crippen LogP contribution is -2.41. The van der Waals surface area contributed by atoms with Crippen LogP contribution in [0.4, 0.5) is 16.0 Å². The van der Waals surface area contributed by atoms with Gasteiger partial charge in [0.1, 0.15) is 6.10 Å². The summed E-state index contributed by atoms with van der Waals surface area (Å²) in [6.45, 7) is 1.42. The zero-order valence-electron chi connectivity index (χ0n) is 19.6. The van der Waals surface area contributed by atoms with Gasteiger partial charge in [0.2, 0.25) is 5.95 Å². The molecule has 2 aromatic heterocycles. The topological polar surface area (TPSA) is 89.3 Å². The van der Waals surface area contributed by atoms with Crippen molar-refractivity contribution in [1.29, 1.82) is 0 Å². The van der Waals surface area contributed by atoms with E-state index in [2.05, 4.69) is 15.3 Å². The molecule has 2 aromatic carbocycles. The summed E-state index contributed by atoms with van der Waals surface area (Å²) >= 11 is 0. The maximum atomic E-state index is 14.3. The van der Waals surface area contributed by atoms with E-state index >= 15 is 0 Å². The number of pyridine rings is 1. The molecule has 9 heteroatoms. The maximum Gasteiger partial charge on any atom is 0.255 e. The molecule has 0 spiro atoms. The molecule has 0 unspecified atom stereocenters. The summed E-state index contributed by atoms with van der Waals surface area (Å²) in [6.07, 6.45) is 2.30. The van der Waals surface area contributed by atoms with Gasteiger partial charge < -0.3 is 15.0 Å². The molecule has 3 heterocycles. The third kappa shape index (κ3) is 4.87. The average Bonchev–Trinajstić information content (AvgIpc) is 2.91. The molecule has 36 heavy (non-hydrogen) atoms. The predicted molar refractivity (Wildman–Crippen MR) is 134 cm³/mol. The Labute approximate surface area is 207 Å². The summed E-state index contributed by atoms with van der Waals surface area (Å²) < 4.78 is 21.8. The average molecular weight is 486 g/mol. The number of carbonyl (C=O) groups is 1. The molecule has 0 aliphatic carbocycles. The number of morpholine rings is 1. The predicted octanol–water partition coefficient (Wildman–Crippen LogP) is 3.81. The molecule has 1 aliphatic rings. The van der Waals surface area contributed by atoms with Gasteiger partial charge in [0, 0.05) is 42.7 Å². The van der Waals surface area contributed by atoms with Crippen LogP contribution in [0.3, 0.4) is 0 Å². The molecule has 0 radical (unpaired) electrons. The molecule has 4 aromatic rings. The Kier molecular flexibility index (Phi) is 6.55. The number of anilines is 2. The summed E-state index contributed by atoms with van der Waals surface area (Å²) in [4.78, 5) is 35.4. The van der Waals surface area contributed by atoms with E-state index in [0.717, 1.165) is 11.8 Å². The van der Waals surface area contributed by atoms with E-state index in [1.807, 2.05) is 47.4 Å². The maximum absolute atomic E-state index is 14.3. The van der Waals surface area contributed by atoms with Crippen molar-refractivity contribution in [2.45, 2.75) is 6.10 Å². The summed E-state index contributed by atoms with van der Waals surface area (Å²) in [5.41, 5.74) is 2.39. The van der Waals surface area contributed by atoms with Crippen molar-refractivity contribution in [3.05, 3.63) is 106 Å². The first kappa shape index (κ1) is 23.4. The van der Waals surface area contributed by atoms with Gasteiger partial charge in [-0.3, -0.25) is 19.1 Å². The van der Waals surface area contributed by atoms with Crippen molar-refractivity contribution < 1.29 is 13.9 Å². The molecule has 1 saturated heterocycles. The smallest absolute Gasteiger partial charge is 0.255 e. The molecular weight excluding hydrogens is 461 g/mol. The number of nitrogens with one attached hydrogen (secondary N) is 1. The van der Waals surface area contributed by atoms with Crippen LogP contribution in [0.25, 0.3) is 11.3 Å². The summed E-state index contributed by atoms with van der Waals surface area (Å²) in [5.74, 6) is -0.279. The number of hydrogen-bond donors (Lipinski definition) is 1. The van der Waals surface area contributed by atoms with Crippen molar-refractivity contribution in [1.82, 2.24) is 14.5 Å². The van der Waals surface area contributed by atoms with Crippen LogP contribution in [0.15, 0.2) is 83.9 Å². The molecule has 1 fully saturated rings. The standard InChI is InChI=1S/C27H24FN5O3/c1-32-25(34)15-23(21-11-12-29-16-22(21)28)31-27(32)33-13-14-36-24(17-33)18-7-9-20(10-8-18)30-26(35)19-5-3-2-4-6-19/h2-12,15-16,24H,13-14,17H2,1H3,(H,30,35)/t24-/m1/s1. The van der Waals surface area contributed by atoms with Crippen LogP contribution in [0.5, 0.6) is 0 Å². The first-order valence-electron chi connectivity index (χ1n) is 11.5. The van der Waals surface area contributed by atoms with Crippen LogP contribution in [-0.4, -0.2) is 40.1 Å². The number of amides is 1. The van der Waals surface area contributed by atoms with Gasteiger partial charge in [-0.05, 0) is 35.9 Å². The van der Waals surface area contributed by atoms with Crippen molar-refractivity contribution >= 4 is 17.5 Å². The van der Waals surface area contributed by atoms with E-state index < -0.39 is 5.82 Å². The number of nitrogens with zero attached hydrogens (tertiary/aromatic N) is 4. The third-order valence-corrected chi connectivity index (χ3v) is 6.09. The van der Waals surface area contributed by atoms with Crippen LogP contribution in [-0.2, 0) is 11.8 Å². The quantitative estimate of drug-likeness (QED) is 0.463. The first-order valence-corrected chi connectivity index (χ1v) is 11.5. The monoisotopic (exact) mass is 485 g/mol. The minimum absolute atomic E-state index is 0.180. The molecule has 1 atom stereocenters. The van der Waals surface area contributed by atoms with E-state index in [-0.39, 0.29) is 28.8 Å². The molecule has 1 N–H and O–H groups in total. The number of rotatable bonds is 5. The number of hydrogen-bond acceptors (Lipinski definition) is 6. The Balaban J connectivity index is 1.34. The number of carbonyl (C=O) groups excluding carboxylic acids is 1. The fourth-order valence-corrected chi connectivity index (χ4v) is 4.14. The second-order valence-corrected chi connectivity index (χ2v) is 8.44. The number of aromatic nitrogens is 3. The zero-order valence-corrected chi connectivity index (χ0v) is 19.6. The van der Waals surface area contributed by atoms with Crippen molar-refractivity contribution in [2.75, 3.05) is 29.9 Å². The van der Waals surface area contributed by atoms with E-state index in [0.29, 0.717) is 36.9 Å². The molecule has 5 rings (SSSR count). The lowest BCUT2D eigenvalue weighted by molar-refractivity contribution is 0.0390. The van der Waals surface area contributed by atoms with E-state index in [1.54, 1.807) is 19.2 Å². The number of ether oxygens (including phenoxy) is 1.